The maximum atomic E-state index is 13.4. The second-order valence-corrected chi connectivity index (χ2v) is 32.7. The number of halogens is 2. The van der Waals surface area contributed by atoms with Crippen LogP contribution in [0.5, 0.6) is 11.5 Å². The third kappa shape index (κ3) is 25.3. The molecular weight excluding hydrogens is 1850 g/mol. The van der Waals surface area contributed by atoms with E-state index in [0.29, 0.717) is 24.3 Å². The summed E-state index contributed by atoms with van der Waals surface area (Å²) in [5.41, 5.74) is -5.69. The largest absolute Gasteiger partial charge is 1.00 e. The van der Waals surface area contributed by atoms with E-state index in [1.807, 2.05) is 0 Å². The van der Waals surface area contributed by atoms with Gasteiger partial charge in [-0.1, -0.05) is 42.5 Å². The number of azo groups is 2. The van der Waals surface area contributed by atoms with Crippen LogP contribution >= 0.6 is 35.2 Å². The van der Waals surface area contributed by atoms with Gasteiger partial charge in [0.05, 0.1) is 73.4 Å². The summed E-state index contributed by atoms with van der Waals surface area (Å²) in [6.07, 6.45) is 0. The molecule has 554 valence electrons. The molecule has 9 aromatic carbocycles. The Morgan fingerprint density at radius 3 is 1.11 bits per heavy atom. The van der Waals surface area contributed by atoms with Crippen molar-refractivity contribution in [2.75, 3.05) is 21.3 Å². The molecule has 0 atom stereocenters. The first kappa shape index (κ1) is 110. The number of anilines is 8. The van der Waals surface area contributed by atoms with E-state index in [9.17, 15) is 119 Å². The van der Waals surface area contributed by atoms with Crippen molar-refractivity contribution in [3.63, 3.8) is 0 Å². The Labute approximate surface area is 861 Å². The van der Waals surface area contributed by atoms with Crippen LogP contribution in [0.25, 0.3) is 43.1 Å². The van der Waals surface area contributed by atoms with Gasteiger partial charge in [0.25, 0.3) is 0 Å². The van der Waals surface area contributed by atoms with Crippen molar-refractivity contribution in [3.05, 3.63) is 126 Å². The standard InChI is InChI=1S/C52H34Cl2N14O29S9.9Na/c53-47-59-49(63-51(61-47)57-27-17-18-35(101(78,79)80)26-13-14-28(40(69)36(26)27)65-66-29-15-11-22-24(42(29)102(81,82)83)3-1-5-33(22)99(72,73)74)55-20-7-9-21(10-8-20)56-50-60-48(54)62-52(64-50)58-31-19-32(98-97-96-71)44(104(87,88)89)38-37(31)41(70)39(46(106(93,94)95)45(38)105(90,91)92)68-67-30-16-12-23-25(43(30)103(84,85)86)4-2-6-34(23)100(75,76)77;;;;;;;;;/h1-19,69-71H,(H,72,73,74)(H,75,76,77)(H,78,79,80)(H,81,82,83)(H,84,85,86)(H,87,88,89)(H,90,91,92)(H,93,94,95)(H2,55,57,59,61,63)(H2,56,58,60,62,64);;;;;;;;;/q;9*+1/p-9. The minimum absolute atomic E-state index is 0. The first-order chi connectivity index (χ1) is 49.2. The van der Waals surface area contributed by atoms with Crippen LogP contribution in [0.2, 0.25) is 10.6 Å². The Kier molecular flexibility index (Phi) is 41.1. The smallest absolute Gasteiger partial charge is 0.744 e. The van der Waals surface area contributed by atoms with Crippen LogP contribution in [0.1, 0.15) is 0 Å². The number of hydrogen-bond donors (Lipinski definition) is 6. The van der Waals surface area contributed by atoms with E-state index in [-0.39, 0.29) is 289 Å². The molecule has 0 spiro atoms. The number of hydrogen-bond acceptors (Lipinski definition) is 44. The molecule has 2 aromatic heterocycles. The third-order valence-electron chi connectivity index (χ3n) is 14.2. The summed E-state index contributed by atoms with van der Waals surface area (Å²) in [6.45, 7) is 0. The molecule has 0 aliphatic rings. The fourth-order valence-corrected chi connectivity index (χ4v) is 18.1. The van der Waals surface area contributed by atoms with Crippen molar-refractivity contribution >= 4 is 229 Å². The van der Waals surface area contributed by atoms with Crippen LogP contribution in [0.3, 0.4) is 0 Å². The second-order valence-electron chi connectivity index (χ2n) is 20.7. The molecule has 0 radical (unpaired) electrons. The molecule has 2 heterocycles. The quantitative estimate of drug-likeness (QED) is 0.00865. The first-order valence-corrected chi connectivity index (χ1v) is 39.9. The van der Waals surface area contributed by atoms with Gasteiger partial charge in [0, 0.05) is 43.7 Å². The Morgan fingerprint density at radius 1 is 0.348 bits per heavy atom. The maximum Gasteiger partial charge on any atom is 1.00 e. The van der Waals surface area contributed by atoms with Crippen LogP contribution in [-0.4, -0.2) is 144 Å². The summed E-state index contributed by atoms with van der Waals surface area (Å²) >= 11 is 12.0. The van der Waals surface area contributed by atoms with E-state index in [2.05, 4.69) is 81.0 Å². The summed E-state index contributed by atoms with van der Waals surface area (Å²) < 4.78 is 309. The molecule has 0 saturated carbocycles. The van der Waals surface area contributed by atoms with Crippen LogP contribution < -0.4 is 293 Å². The molecule has 0 aliphatic carbocycles. The number of aromatic hydroxyl groups is 2. The zero-order valence-corrected chi connectivity index (χ0v) is 86.1. The van der Waals surface area contributed by atoms with Crippen LogP contribution in [0.15, 0.2) is 180 Å². The molecule has 0 bridgehead atoms. The van der Waals surface area contributed by atoms with Crippen molar-refractivity contribution < 1.29 is 395 Å². The van der Waals surface area contributed by atoms with Crippen LogP contribution in [-0.2, 0) is 90.3 Å². The zero-order valence-electron chi connectivity index (χ0n) is 59.3. The maximum absolute atomic E-state index is 13.4. The predicted molar refractivity (Wildman–Crippen MR) is 348 cm³/mol. The number of fused-ring (bicyclic) bond motifs is 4. The molecule has 0 amide bonds. The number of phenolic OH excluding ortho intramolecular Hbond substituents is 2. The summed E-state index contributed by atoms with van der Waals surface area (Å²) in [5.74, 6) is -5.12. The average Bonchev–Trinajstić information content (AvgIpc) is 0.705. The molecular formula is C52H25Cl2N14Na9O29S9. The van der Waals surface area contributed by atoms with Gasteiger partial charge in [-0.25, -0.2) is 67.3 Å². The summed E-state index contributed by atoms with van der Waals surface area (Å²) in [5, 5.41) is 54.4. The molecule has 6 N–H and O–H groups in total. The molecule has 0 fully saturated rings. The van der Waals surface area contributed by atoms with Crippen molar-refractivity contribution in [1.29, 1.82) is 0 Å². The predicted octanol–water partition coefficient (Wildman–Crippen LogP) is -21.3. The van der Waals surface area contributed by atoms with E-state index < -0.39 is 248 Å². The topological polar surface area (TPSA) is 714 Å². The number of aromatic nitrogens is 6. The molecule has 43 nitrogen and oxygen atoms in total. The monoisotopic (exact) mass is 1870 g/mol. The van der Waals surface area contributed by atoms with E-state index in [0.717, 1.165) is 66.7 Å². The van der Waals surface area contributed by atoms with E-state index in [1.165, 1.54) is 24.3 Å². The van der Waals surface area contributed by atoms with Gasteiger partial charge in [-0.15, -0.1) is 20.5 Å². The number of nitrogens with one attached hydrogen (secondary N) is 4. The number of phenols is 2. The number of nitrogens with zero attached hydrogens (tertiary/aromatic N) is 10. The van der Waals surface area contributed by atoms with E-state index in [4.69, 9.17) is 23.2 Å². The third-order valence-corrected chi connectivity index (χ3v) is 22.7. The summed E-state index contributed by atoms with van der Waals surface area (Å²) in [4.78, 5) is 10.1. The Hall–Kier alpha value is -0.870. The van der Waals surface area contributed by atoms with Crippen LogP contribution in [0, 0.1) is 0 Å². The SMILES string of the molecule is O=S(=O)([O-])c1c(N=Nc2ccc3c(S(=O)(=O)[O-])cccc3c2S(=O)(=O)[O-])c(O)c2c(Nc3nc(Cl)nc(Nc4ccc(Nc5nc(Cl)nc(Nc6ccc(S(=O)(=O)[O-])c7ccc(N=Nc8ccc9c(S(=O)(=O)[O-])cccc9c8S(=O)(=O)[O-])c(O)c67)n5)cc4)n3)cc(SOO[O-])c(S(=O)(=O)[O-])c2c1S(=O)(=O)[O-].[Na+].[Na+].[Na+].[Na+].[Na+].[Na+].[Na+].[Na+].[Na+]. The van der Waals surface area contributed by atoms with Gasteiger partial charge in [0.15, 0.2) is 11.5 Å². The van der Waals surface area contributed by atoms with Crippen molar-refractivity contribution in [2.24, 2.45) is 20.5 Å². The van der Waals surface area contributed by atoms with Gasteiger partial charge < -0.3 is 73.2 Å². The molecule has 0 saturated heterocycles. The van der Waals surface area contributed by atoms with Gasteiger partial charge in [-0.2, -0.15) is 34.2 Å². The molecule has 0 unspecified atom stereocenters. The first-order valence-electron chi connectivity index (χ1n) is 27.2. The summed E-state index contributed by atoms with van der Waals surface area (Å²) in [6, 6.07) is 17.5. The van der Waals surface area contributed by atoms with Crippen molar-refractivity contribution in [2.45, 2.75) is 44.1 Å². The molecule has 115 heavy (non-hydrogen) atoms. The summed E-state index contributed by atoms with van der Waals surface area (Å²) in [7, 11) is -47.4. The average molecular weight is 1880 g/mol. The van der Waals surface area contributed by atoms with E-state index in [1.54, 1.807) is 0 Å². The number of benzene rings is 9. The van der Waals surface area contributed by atoms with Crippen LogP contribution in [0.4, 0.5) is 69.3 Å². The van der Waals surface area contributed by atoms with Crippen molar-refractivity contribution in [3.8, 4) is 11.5 Å². The Morgan fingerprint density at radius 2 is 0.713 bits per heavy atom. The minimum Gasteiger partial charge on any atom is -0.744 e. The molecule has 11 rings (SSSR count). The number of rotatable bonds is 23. The zero-order chi connectivity index (χ0) is 77.5. The Balaban J connectivity index is 0.00000498. The fourth-order valence-electron chi connectivity index (χ4n) is 10.3. The van der Waals surface area contributed by atoms with Crippen molar-refractivity contribution in [1.82, 2.24) is 29.9 Å². The second kappa shape index (κ2) is 42.9. The fraction of sp³-hybridized carbons (Fsp3) is 0. The normalized spacial score (nSPS) is 12.0. The van der Waals surface area contributed by atoms with Gasteiger partial charge >= 0.3 is 266 Å². The van der Waals surface area contributed by atoms with Gasteiger partial charge in [-0.05, 0) is 96.0 Å². The van der Waals surface area contributed by atoms with Gasteiger partial charge in [-0.3, -0.25) is 5.04 Å². The molecule has 0 aliphatic heterocycles. The van der Waals surface area contributed by atoms with E-state index >= 15 is 0 Å². The Bertz CT molecular complexity index is 6750. The molecule has 11 aromatic rings. The van der Waals surface area contributed by atoms with Gasteiger partial charge in [0.2, 0.25) is 34.4 Å². The molecule has 63 heteroatoms. The minimum atomic E-state index is -6.78. The van der Waals surface area contributed by atoms with Gasteiger partial charge in [0.1, 0.15) is 109 Å².